The van der Waals surface area contributed by atoms with Gasteiger partial charge in [0.05, 0.1) is 11.7 Å². The van der Waals surface area contributed by atoms with Crippen LogP contribution < -0.4 is 0 Å². The first-order chi connectivity index (χ1) is 5.66. The van der Waals surface area contributed by atoms with Gasteiger partial charge in [0, 0.05) is 13.0 Å². The van der Waals surface area contributed by atoms with Crippen molar-refractivity contribution in [3.8, 4) is 0 Å². The smallest absolute Gasteiger partial charge is 0.0694 e. The van der Waals surface area contributed by atoms with E-state index in [1.807, 2.05) is 6.92 Å². The molecule has 0 spiro atoms. The monoisotopic (exact) mass is 172 g/mol. The third-order valence-corrected chi connectivity index (χ3v) is 2.63. The molecule has 1 aliphatic rings. The Morgan fingerprint density at radius 1 is 1.58 bits per heavy atom. The minimum atomic E-state index is -0.423. The van der Waals surface area contributed by atoms with Gasteiger partial charge in [-0.2, -0.15) is 0 Å². The lowest BCUT2D eigenvalue weighted by atomic mass is 9.86. The SMILES string of the molecule is CCCCC1(O)CCOC(C)C1. The first kappa shape index (κ1) is 10.0. The van der Waals surface area contributed by atoms with Gasteiger partial charge in [0.25, 0.3) is 0 Å². The zero-order valence-corrected chi connectivity index (χ0v) is 8.18. The van der Waals surface area contributed by atoms with Crippen LogP contribution in [0.1, 0.15) is 46.0 Å². The van der Waals surface area contributed by atoms with Crippen LogP contribution in [0, 0.1) is 0 Å². The van der Waals surface area contributed by atoms with Gasteiger partial charge in [-0.25, -0.2) is 0 Å². The molecule has 2 heteroatoms. The predicted octanol–water partition coefficient (Wildman–Crippen LogP) is 2.11. The van der Waals surface area contributed by atoms with E-state index in [4.69, 9.17) is 4.74 Å². The summed E-state index contributed by atoms with van der Waals surface area (Å²) >= 11 is 0. The molecule has 0 bridgehead atoms. The van der Waals surface area contributed by atoms with E-state index in [0.717, 1.165) is 38.7 Å². The predicted molar refractivity (Wildman–Crippen MR) is 49.1 cm³/mol. The second-order valence-electron chi connectivity index (χ2n) is 3.96. The number of hydrogen-bond donors (Lipinski definition) is 1. The van der Waals surface area contributed by atoms with Crippen LogP contribution in [-0.2, 0) is 4.74 Å². The molecule has 0 aromatic heterocycles. The second-order valence-corrected chi connectivity index (χ2v) is 3.96. The summed E-state index contributed by atoms with van der Waals surface area (Å²) in [6.07, 6.45) is 5.10. The van der Waals surface area contributed by atoms with Crippen molar-refractivity contribution >= 4 is 0 Å². The Morgan fingerprint density at radius 2 is 2.33 bits per heavy atom. The van der Waals surface area contributed by atoms with Crippen molar-refractivity contribution in [1.82, 2.24) is 0 Å². The van der Waals surface area contributed by atoms with Crippen LogP contribution >= 0.6 is 0 Å². The lowest BCUT2D eigenvalue weighted by Gasteiger charge is -2.35. The summed E-state index contributed by atoms with van der Waals surface area (Å²) in [5.74, 6) is 0. The molecule has 1 saturated heterocycles. The van der Waals surface area contributed by atoms with E-state index in [1.165, 1.54) is 0 Å². The summed E-state index contributed by atoms with van der Waals surface area (Å²) in [7, 11) is 0. The molecule has 72 valence electrons. The van der Waals surface area contributed by atoms with E-state index < -0.39 is 5.60 Å². The molecule has 0 aliphatic carbocycles. The summed E-state index contributed by atoms with van der Waals surface area (Å²) in [5, 5.41) is 10.1. The fourth-order valence-electron chi connectivity index (χ4n) is 1.88. The van der Waals surface area contributed by atoms with Crippen LogP contribution in [-0.4, -0.2) is 23.4 Å². The molecule has 12 heavy (non-hydrogen) atoms. The van der Waals surface area contributed by atoms with Gasteiger partial charge in [0.15, 0.2) is 0 Å². The van der Waals surface area contributed by atoms with Gasteiger partial charge in [0.1, 0.15) is 0 Å². The maximum atomic E-state index is 10.1. The minimum absolute atomic E-state index is 0.237. The molecule has 1 rings (SSSR count). The largest absolute Gasteiger partial charge is 0.390 e. The van der Waals surface area contributed by atoms with E-state index in [0.29, 0.717) is 0 Å². The first-order valence-corrected chi connectivity index (χ1v) is 5.00. The van der Waals surface area contributed by atoms with Gasteiger partial charge in [-0.05, 0) is 19.8 Å². The summed E-state index contributed by atoms with van der Waals surface area (Å²) in [4.78, 5) is 0. The lowest BCUT2D eigenvalue weighted by Crippen LogP contribution is -2.39. The standard InChI is InChI=1S/C10H20O2/c1-3-4-5-10(11)6-7-12-9(2)8-10/h9,11H,3-8H2,1-2H3. The molecule has 1 aliphatic heterocycles. The Balaban J connectivity index is 2.35. The first-order valence-electron chi connectivity index (χ1n) is 5.00. The lowest BCUT2D eigenvalue weighted by molar-refractivity contribution is -0.101. The Kier molecular flexibility index (Phi) is 3.53. The van der Waals surface area contributed by atoms with Crippen molar-refractivity contribution in [2.45, 2.75) is 57.7 Å². The molecule has 0 amide bonds. The highest BCUT2D eigenvalue weighted by molar-refractivity contribution is 4.83. The molecule has 1 fully saturated rings. The van der Waals surface area contributed by atoms with Crippen LogP contribution in [0.25, 0.3) is 0 Å². The highest BCUT2D eigenvalue weighted by atomic mass is 16.5. The van der Waals surface area contributed by atoms with Crippen molar-refractivity contribution in [3.63, 3.8) is 0 Å². The zero-order chi connectivity index (χ0) is 9.03. The maximum Gasteiger partial charge on any atom is 0.0694 e. The third kappa shape index (κ3) is 2.76. The summed E-state index contributed by atoms with van der Waals surface area (Å²) in [6.45, 7) is 4.92. The number of aliphatic hydroxyl groups is 1. The Hall–Kier alpha value is -0.0800. The van der Waals surface area contributed by atoms with Crippen molar-refractivity contribution in [3.05, 3.63) is 0 Å². The topological polar surface area (TPSA) is 29.5 Å². The van der Waals surface area contributed by atoms with E-state index in [9.17, 15) is 5.11 Å². The molecule has 0 aromatic rings. The molecule has 2 unspecified atom stereocenters. The van der Waals surface area contributed by atoms with E-state index >= 15 is 0 Å². The normalized spacial score (nSPS) is 36.8. The summed E-state index contributed by atoms with van der Waals surface area (Å²) in [6, 6.07) is 0. The third-order valence-electron chi connectivity index (χ3n) is 2.63. The number of rotatable bonds is 3. The van der Waals surface area contributed by atoms with Crippen molar-refractivity contribution in [1.29, 1.82) is 0 Å². The zero-order valence-electron chi connectivity index (χ0n) is 8.18. The highest BCUT2D eigenvalue weighted by Crippen LogP contribution is 2.29. The van der Waals surface area contributed by atoms with Gasteiger partial charge in [-0.15, -0.1) is 0 Å². The quantitative estimate of drug-likeness (QED) is 0.706. The second kappa shape index (κ2) is 4.24. The van der Waals surface area contributed by atoms with Gasteiger partial charge in [0.2, 0.25) is 0 Å². The molecular formula is C10H20O2. The summed E-state index contributed by atoms with van der Waals surface area (Å²) in [5.41, 5.74) is -0.423. The fourth-order valence-corrected chi connectivity index (χ4v) is 1.88. The Labute approximate surface area is 74.9 Å². The van der Waals surface area contributed by atoms with Crippen LogP contribution in [0.5, 0.6) is 0 Å². The van der Waals surface area contributed by atoms with Gasteiger partial charge < -0.3 is 9.84 Å². The van der Waals surface area contributed by atoms with Crippen LogP contribution in [0.3, 0.4) is 0 Å². The van der Waals surface area contributed by atoms with Crippen molar-refractivity contribution < 1.29 is 9.84 Å². The molecule has 0 aromatic carbocycles. The van der Waals surface area contributed by atoms with E-state index in [-0.39, 0.29) is 6.10 Å². The minimum Gasteiger partial charge on any atom is -0.390 e. The van der Waals surface area contributed by atoms with Crippen molar-refractivity contribution in [2.75, 3.05) is 6.61 Å². The number of ether oxygens (including phenoxy) is 1. The van der Waals surface area contributed by atoms with Gasteiger partial charge in [-0.1, -0.05) is 19.8 Å². The molecule has 0 radical (unpaired) electrons. The maximum absolute atomic E-state index is 10.1. The molecule has 2 nitrogen and oxygen atoms in total. The van der Waals surface area contributed by atoms with E-state index in [1.54, 1.807) is 0 Å². The van der Waals surface area contributed by atoms with Crippen molar-refractivity contribution in [2.24, 2.45) is 0 Å². The van der Waals surface area contributed by atoms with Gasteiger partial charge in [-0.3, -0.25) is 0 Å². The van der Waals surface area contributed by atoms with Gasteiger partial charge >= 0.3 is 0 Å². The highest BCUT2D eigenvalue weighted by Gasteiger charge is 2.32. The number of hydrogen-bond acceptors (Lipinski definition) is 2. The molecule has 2 atom stereocenters. The molecular weight excluding hydrogens is 152 g/mol. The molecule has 1 N–H and O–H groups in total. The van der Waals surface area contributed by atoms with E-state index in [2.05, 4.69) is 6.92 Å². The van der Waals surface area contributed by atoms with Crippen LogP contribution in [0.2, 0.25) is 0 Å². The molecule has 1 heterocycles. The average molecular weight is 172 g/mol. The summed E-state index contributed by atoms with van der Waals surface area (Å²) < 4.78 is 5.39. The fraction of sp³-hybridized carbons (Fsp3) is 1.00. The number of unbranched alkanes of at least 4 members (excludes halogenated alkanes) is 1. The van der Waals surface area contributed by atoms with Crippen LogP contribution in [0.15, 0.2) is 0 Å². The Bertz CT molecular complexity index is 136. The Morgan fingerprint density at radius 3 is 2.92 bits per heavy atom. The molecule has 0 saturated carbocycles. The average Bonchev–Trinajstić information content (AvgIpc) is 2.01. The van der Waals surface area contributed by atoms with Crippen LogP contribution in [0.4, 0.5) is 0 Å².